The van der Waals surface area contributed by atoms with E-state index in [1.54, 1.807) is 0 Å². The van der Waals surface area contributed by atoms with E-state index in [0.29, 0.717) is 6.61 Å². The zero-order chi connectivity index (χ0) is 18.8. The second-order valence-electron chi connectivity index (χ2n) is 5.62. The summed E-state index contributed by atoms with van der Waals surface area (Å²) in [6.07, 6.45) is -5.96. The third kappa shape index (κ3) is 8.31. The van der Waals surface area contributed by atoms with Gasteiger partial charge in [-0.25, -0.2) is 0 Å². The average Bonchev–Trinajstić information content (AvgIpc) is 2.61. The molecule has 0 N–H and O–H groups in total. The first-order chi connectivity index (χ1) is 12.4. The predicted molar refractivity (Wildman–Crippen MR) is 95.8 cm³/mol. The summed E-state index contributed by atoms with van der Waals surface area (Å²) >= 11 is 3.23. The molecule has 0 saturated heterocycles. The van der Waals surface area contributed by atoms with Crippen LogP contribution >= 0.6 is 15.9 Å². The van der Waals surface area contributed by atoms with Crippen molar-refractivity contribution in [2.24, 2.45) is 0 Å². The quantitative estimate of drug-likeness (QED) is 0.489. The molecule has 0 aliphatic heterocycles. The fourth-order valence-electron chi connectivity index (χ4n) is 2.22. The van der Waals surface area contributed by atoms with Gasteiger partial charge in [0.05, 0.1) is 31.3 Å². The molecule has 0 bridgehead atoms. The maximum absolute atomic E-state index is 12.7. The molecule has 0 aliphatic carbocycles. The van der Waals surface area contributed by atoms with Crippen molar-refractivity contribution in [3.63, 3.8) is 0 Å². The summed E-state index contributed by atoms with van der Waals surface area (Å²) in [5.74, 6) is 0. The minimum atomic E-state index is -4.74. The maximum Gasteiger partial charge on any atom is 0.522 e. The average molecular weight is 433 g/mol. The summed E-state index contributed by atoms with van der Waals surface area (Å²) in [4.78, 5) is -0.663. The van der Waals surface area contributed by atoms with Crippen molar-refractivity contribution in [1.29, 1.82) is 0 Å². The Balaban J connectivity index is 1.82. The van der Waals surface area contributed by atoms with Gasteiger partial charge in [-0.1, -0.05) is 76.6 Å². The van der Waals surface area contributed by atoms with E-state index < -0.39 is 17.3 Å². The zero-order valence-electron chi connectivity index (χ0n) is 14.0. The molecule has 0 aromatic heterocycles. The highest BCUT2D eigenvalue weighted by Gasteiger charge is 2.36. The van der Waals surface area contributed by atoms with Gasteiger partial charge in [-0.05, 0) is 11.1 Å². The molecule has 0 fully saturated rings. The second-order valence-corrected chi connectivity index (χ2v) is 6.80. The third-order valence-electron chi connectivity index (χ3n) is 3.47. The van der Waals surface area contributed by atoms with Crippen molar-refractivity contribution in [3.8, 4) is 0 Å². The van der Waals surface area contributed by atoms with E-state index in [1.807, 2.05) is 60.7 Å². The Bertz CT molecular complexity index is 623. The minimum absolute atomic E-state index is 0.0599. The molecule has 0 amide bonds. The van der Waals surface area contributed by atoms with E-state index in [-0.39, 0.29) is 19.8 Å². The normalized spacial score (nSPS) is 14.2. The Morgan fingerprint density at radius 3 is 1.69 bits per heavy atom. The molecule has 26 heavy (non-hydrogen) atoms. The minimum Gasteiger partial charge on any atom is -0.376 e. The van der Waals surface area contributed by atoms with Gasteiger partial charge < -0.3 is 9.47 Å². The van der Waals surface area contributed by atoms with Crippen LogP contribution in [0.3, 0.4) is 0 Å². The molecule has 142 valence electrons. The van der Waals surface area contributed by atoms with Crippen LogP contribution in [0.2, 0.25) is 0 Å². The lowest BCUT2D eigenvalue weighted by molar-refractivity contribution is -0.346. The Morgan fingerprint density at radius 2 is 1.23 bits per heavy atom. The van der Waals surface area contributed by atoms with Gasteiger partial charge in [-0.15, -0.1) is 13.2 Å². The third-order valence-corrected chi connectivity index (χ3v) is 4.32. The van der Waals surface area contributed by atoms with Crippen molar-refractivity contribution in [1.82, 2.24) is 0 Å². The molecular weight excluding hydrogens is 413 g/mol. The topological polar surface area (TPSA) is 27.7 Å². The predicted octanol–water partition coefficient (Wildman–Crippen LogP) is 5.09. The van der Waals surface area contributed by atoms with Gasteiger partial charge in [0.1, 0.15) is 6.10 Å². The second kappa shape index (κ2) is 10.7. The van der Waals surface area contributed by atoms with E-state index in [2.05, 4.69) is 20.7 Å². The standard InChI is InChI=1S/C19H20BrF3O3/c20-17(13-24-11-15-7-3-1-4-8-15)18(26-19(21,22)23)14-25-12-16-9-5-2-6-10-16/h1-10,17-18H,11-14H2/t17-,18+/m0/s1. The van der Waals surface area contributed by atoms with Gasteiger partial charge in [-0.2, -0.15) is 0 Å². The van der Waals surface area contributed by atoms with Crippen LogP contribution in [0.1, 0.15) is 11.1 Å². The smallest absolute Gasteiger partial charge is 0.376 e. The van der Waals surface area contributed by atoms with Gasteiger partial charge in [-0.3, -0.25) is 4.74 Å². The van der Waals surface area contributed by atoms with Crippen molar-refractivity contribution >= 4 is 15.9 Å². The maximum atomic E-state index is 12.7. The van der Waals surface area contributed by atoms with Crippen molar-refractivity contribution in [2.75, 3.05) is 13.2 Å². The van der Waals surface area contributed by atoms with E-state index in [4.69, 9.17) is 9.47 Å². The van der Waals surface area contributed by atoms with Crippen LogP contribution in [0.4, 0.5) is 13.2 Å². The van der Waals surface area contributed by atoms with E-state index >= 15 is 0 Å². The van der Waals surface area contributed by atoms with Crippen molar-refractivity contribution in [3.05, 3.63) is 71.8 Å². The number of rotatable bonds is 10. The van der Waals surface area contributed by atoms with Crippen LogP contribution in [-0.4, -0.2) is 30.5 Å². The SMILES string of the molecule is FC(F)(F)O[C@H](COCc1ccccc1)[C@@H](Br)COCc1ccccc1. The van der Waals surface area contributed by atoms with Gasteiger partial charge in [0.15, 0.2) is 0 Å². The van der Waals surface area contributed by atoms with Gasteiger partial charge in [0, 0.05) is 0 Å². The first-order valence-electron chi connectivity index (χ1n) is 8.06. The lowest BCUT2D eigenvalue weighted by Crippen LogP contribution is -2.37. The fraction of sp³-hybridized carbons (Fsp3) is 0.368. The molecule has 2 aromatic rings. The fourth-order valence-corrected chi connectivity index (χ4v) is 2.67. The van der Waals surface area contributed by atoms with Gasteiger partial charge >= 0.3 is 6.36 Å². The Kier molecular flexibility index (Phi) is 8.58. The molecular formula is C19H20BrF3O3. The number of alkyl halides is 4. The number of benzene rings is 2. The Labute approximate surface area is 159 Å². The number of hydrogen-bond acceptors (Lipinski definition) is 3. The van der Waals surface area contributed by atoms with Crippen LogP contribution in [0.15, 0.2) is 60.7 Å². The number of hydrogen-bond donors (Lipinski definition) is 0. The van der Waals surface area contributed by atoms with E-state index in [9.17, 15) is 13.2 Å². The largest absolute Gasteiger partial charge is 0.522 e. The monoisotopic (exact) mass is 432 g/mol. The molecule has 0 aliphatic rings. The summed E-state index contributed by atoms with van der Waals surface area (Å²) in [7, 11) is 0. The van der Waals surface area contributed by atoms with Gasteiger partial charge in [0.2, 0.25) is 0 Å². The lowest BCUT2D eigenvalue weighted by Gasteiger charge is -2.24. The molecule has 2 rings (SSSR count). The molecule has 2 atom stereocenters. The highest BCUT2D eigenvalue weighted by molar-refractivity contribution is 9.09. The zero-order valence-corrected chi connectivity index (χ0v) is 15.6. The van der Waals surface area contributed by atoms with Crippen LogP contribution in [0.5, 0.6) is 0 Å². The van der Waals surface area contributed by atoms with Crippen LogP contribution in [-0.2, 0) is 27.4 Å². The van der Waals surface area contributed by atoms with Crippen LogP contribution < -0.4 is 0 Å². The summed E-state index contributed by atoms with van der Waals surface area (Å²) < 4.78 is 53.1. The summed E-state index contributed by atoms with van der Waals surface area (Å²) in [5.41, 5.74) is 1.82. The Morgan fingerprint density at radius 1 is 0.769 bits per heavy atom. The van der Waals surface area contributed by atoms with Crippen molar-refractivity contribution < 1.29 is 27.4 Å². The van der Waals surface area contributed by atoms with Crippen molar-refractivity contribution in [2.45, 2.75) is 30.5 Å². The van der Waals surface area contributed by atoms with Crippen LogP contribution in [0.25, 0.3) is 0 Å². The van der Waals surface area contributed by atoms with E-state index in [0.717, 1.165) is 11.1 Å². The molecule has 0 spiro atoms. The molecule has 0 saturated carbocycles. The number of ether oxygens (including phenoxy) is 3. The highest BCUT2D eigenvalue weighted by atomic mass is 79.9. The molecule has 7 heteroatoms. The van der Waals surface area contributed by atoms with Crippen LogP contribution in [0, 0.1) is 0 Å². The highest BCUT2D eigenvalue weighted by Crippen LogP contribution is 2.24. The summed E-state index contributed by atoms with van der Waals surface area (Å²) in [5, 5.41) is 0. The molecule has 0 heterocycles. The first-order valence-corrected chi connectivity index (χ1v) is 8.97. The first kappa shape index (κ1) is 20.9. The lowest BCUT2D eigenvalue weighted by atomic mass is 10.2. The Hall–Kier alpha value is -1.41. The molecule has 0 unspecified atom stereocenters. The number of halogens is 4. The summed E-state index contributed by atoms with van der Waals surface area (Å²) in [6.45, 7) is 0.374. The van der Waals surface area contributed by atoms with E-state index in [1.165, 1.54) is 0 Å². The molecule has 3 nitrogen and oxygen atoms in total. The molecule has 0 radical (unpaired) electrons. The van der Waals surface area contributed by atoms with Gasteiger partial charge in [0.25, 0.3) is 0 Å². The molecule has 2 aromatic carbocycles. The summed E-state index contributed by atoms with van der Waals surface area (Å²) in [6, 6.07) is 18.6.